The largest absolute Gasteiger partial charge is 0.460 e. The van der Waals surface area contributed by atoms with Gasteiger partial charge in [-0.2, -0.15) is 71.0 Å². The first kappa shape index (κ1) is 25.6. The van der Waals surface area contributed by atoms with Gasteiger partial charge in [-0.05, 0) is 0 Å². The molecular formula is C10H2F15N3O2. The molecule has 30 heavy (non-hydrogen) atoms. The van der Waals surface area contributed by atoms with Gasteiger partial charge in [0.1, 0.15) is 0 Å². The van der Waals surface area contributed by atoms with Gasteiger partial charge in [-0.1, -0.05) is 0 Å². The second kappa shape index (κ2) is 6.53. The first-order valence-electron chi connectivity index (χ1n) is 6.44. The van der Waals surface area contributed by atoms with Gasteiger partial charge in [0.2, 0.25) is 5.69 Å². The van der Waals surface area contributed by atoms with Crippen LogP contribution in [0.2, 0.25) is 0 Å². The van der Waals surface area contributed by atoms with Gasteiger partial charge in [0, 0.05) is 0 Å². The zero-order chi connectivity index (χ0) is 24.4. The van der Waals surface area contributed by atoms with Gasteiger partial charge in [-0.25, -0.2) is 9.89 Å². The van der Waals surface area contributed by atoms with Crippen molar-refractivity contribution in [1.82, 2.24) is 15.2 Å². The van der Waals surface area contributed by atoms with Crippen LogP contribution in [0, 0.1) is 0 Å². The second-order valence-corrected chi connectivity index (χ2v) is 5.30. The fourth-order valence-corrected chi connectivity index (χ4v) is 1.68. The fourth-order valence-electron chi connectivity index (χ4n) is 1.68. The lowest BCUT2D eigenvalue weighted by atomic mass is 9.90. The van der Waals surface area contributed by atoms with Crippen LogP contribution in [-0.4, -0.2) is 51.0 Å². The highest BCUT2D eigenvalue weighted by Crippen LogP contribution is 2.63. The molecule has 0 aromatic carbocycles. The van der Waals surface area contributed by atoms with E-state index in [4.69, 9.17) is 0 Å². The van der Waals surface area contributed by atoms with Crippen molar-refractivity contribution in [3.05, 3.63) is 26.5 Å². The van der Waals surface area contributed by atoms with Crippen LogP contribution in [0.15, 0.2) is 9.59 Å². The van der Waals surface area contributed by atoms with Crippen LogP contribution in [-0.2, 0) is 5.92 Å². The smallest absolute Gasteiger partial charge is 0.271 e. The number of hydrogen-bond donors (Lipinski definition) is 2. The van der Waals surface area contributed by atoms with E-state index in [9.17, 15) is 75.4 Å². The molecule has 0 unspecified atom stereocenters. The van der Waals surface area contributed by atoms with E-state index in [1.165, 1.54) is 0 Å². The maximum absolute atomic E-state index is 13.6. The number of nitrogens with zero attached hydrogens (tertiary/aromatic N) is 1. The molecule has 1 aromatic rings. The van der Waals surface area contributed by atoms with Gasteiger partial charge in [-0.3, -0.25) is 9.78 Å². The number of aromatic amines is 2. The third kappa shape index (κ3) is 3.10. The van der Waals surface area contributed by atoms with Crippen molar-refractivity contribution in [2.24, 2.45) is 0 Å². The molecule has 0 amide bonds. The molecule has 0 fully saturated rings. The molecule has 0 radical (unpaired) electrons. The summed E-state index contributed by atoms with van der Waals surface area (Å²) in [6, 6.07) is 0. The van der Waals surface area contributed by atoms with Crippen molar-refractivity contribution in [3.8, 4) is 0 Å². The van der Waals surface area contributed by atoms with Gasteiger partial charge < -0.3 is 0 Å². The monoisotopic (exact) mass is 481 g/mol. The third-order valence-corrected chi connectivity index (χ3v) is 3.34. The standard InChI is InChI=1S/C10H2F15N3O2/c11-4(12,1-2(29)26-3(30)28-27-1)5(13,14)6(15,16)7(17,18)8(19,20)9(21,22)10(23,24)25/h(H2,26,28,29,30). The highest BCUT2D eigenvalue weighted by Gasteiger charge is 2.93. The molecule has 0 saturated heterocycles. The summed E-state index contributed by atoms with van der Waals surface area (Å²) in [4.78, 5) is 22.2. The summed E-state index contributed by atoms with van der Waals surface area (Å²) in [6.45, 7) is 0. The van der Waals surface area contributed by atoms with Gasteiger partial charge in [0.15, 0.2) is 0 Å². The Morgan fingerprint density at radius 1 is 0.567 bits per heavy atom. The van der Waals surface area contributed by atoms with Gasteiger partial charge in [0.05, 0.1) is 0 Å². The third-order valence-electron chi connectivity index (χ3n) is 3.34. The molecule has 5 nitrogen and oxygen atoms in total. The summed E-state index contributed by atoms with van der Waals surface area (Å²) in [7, 11) is 0. The van der Waals surface area contributed by atoms with E-state index in [2.05, 4.69) is 0 Å². The minimum absolute atomic E-state index is 0.690. The van der Waals surface area contributed by atoms with E-state index >= 15 is 0 Å². The summed E-state index contributed by atoms with van der Waals surface area (Å²) >= 11 is 0. The average Bonchev–Trinajstić information content (AvgIpc) is 2.52. The van der Waals surface area contributed by atoms with E-state index in [1.54, 1.807) is 0 Å². The lowest BCUT2D eigenvalue weighted by Gasteiger charge is -2.41. The Labute approximate surface area is 150 Å². The molecule has 0 atom stereocenters. The predicted molar refractivity (Wildman–Crippen MR) is 60.2 cm³/mol. The van der Waals surface area contributed by atoms with Crippen LogP contribution in [0.4, 0.5) is 65.9 Å². The topological polar surface area (TPSA) is 78.6 Å². The van der Waals surface area contributed by atoms with E-state index in [1.807, 2.05) is 5.10 Å². The zero-order valence-corrected chi connectivity index (χ0v) is 12.9. The molecule has 20 heteroatoms. The van der Waals surface area contributed by atoms with Gasteiger partial charge >= 0.3 is 47.4 Å². The first-order chi connectivity index (χ1) is 12.9. The van der Waals surface area contributed by atoms with Crippen LogP contribution >= 0.6 is 0 Å². The number of aromatic nitrogens is 3. The predicted octanol–water partition coefficient (Wildman–Crippen LogP) is 3.29. The zero-order valence-electron chi connectivity index (χ0n) is 12.9. The number of hydrogen-bond acceptors (Lipinski definition) is 3. The average molecular weight is 481 g/mol. The van der Waals surface area contributed by atoms with Crippen molar-refractivity contribution in [2.75, 3.05) is 0 Å². The summed E-state index contributed by atoms with van der Waals surface area (Å²) < 4.78 is 195. The van der Waals surface area contributed by atoms with E-state index in [0.29, 0.717) is 4.98 Å². The molecule has 0 spiro atoms. The van der Waals surface area contributed by atoms with Crippen molar-refractivity contribution >= 4 is 0 Å². The van der Waals surface area contributed by atoms with Crippen molar-refractivity contribution < 1.29 is 65.9 Å². The lowest BCUT2D eigenvalue weighted by molar-refractivity contribution is -0.454. The van der Waals surface area contributed by atoms with Crippen LogP contribution in [0.3, 0.4) is 0 Å². The Morgan fingerprint density at radius 3 is 1.30 bits per heavy atom. The van der Waals surface area contributed by atoms with Gasteiger partial charge in [0.25, 0.3) is 5.56 Å². The molecule has 0 saturated carbocycles. The molecule has 2 N–H and O–H groups in total. The molecule has 0 aliphatic heterocycles. The summed E-state index contributed by atoms with van der Waals surface area (Å²) in [5.41, 5.74) is -7.76. The number of halogens is 15. The Bertz CT molecular complexity index is 912. The Morgan fingerprint density at radius 2 is 0.933 bits per heavy atom. The molecular weight excluding hydrogens is 479 g/mol. The lowest BCUT2D eigenvalue weighted by Crippen LogP contribution is -2.72. The maximum Gasteiger partial charge on any atom is 0.460 e. The Balaban J connectivity index is 3.74. The molecule has 1 rings (SSSR count). The number of H-pyrrole nitrogens is 2. The van der Waals surface area contributed by atoms with Crippen molar-refractivity contribution in [2.45, 2.75) is 41.7 Å². The number of alkyl halides is 15. The quantitative estimate of drug-likeness (QED) is 0.613. The molecule has 0 aliphatic carbocycles. The van der Waals surface area contributed by atoms with E-state index < -0.39 is 58.7 Å². The van der Waals surface area contributed by atoms with Gasteiger partial charge in [-0.15, -0.1) is 0 Å². The van der Waals surface area contributed by atoms with Crippen molar-refractivity contribution in [3.63, 3.8) is 0 Å². The summed E-state index contributed by atoms with van der Waals surface area (Å²) in [5.74, 6) is -48.3. The normalized spacial score (nSPS) is 15.4. The van der Waals surface area contributed by atoms with Crippen LogP contribution < -0.4 is 11.2 Å². The highest BCUT2D eigenvalue weighted by atomic mass is 19.4. The Kier molecular flexibility index (Phi) is 5.57. The molecule has 174 valence electrons. The van der Waals surface area contributed by atoms with Crippen LogP contribution in [0.25, 0.3) is 0 Å². The maximum atomic E-state index is 13.6. The van der Waals surface area contributed by atoms with E-state index in [-0.39, 0.29) is 0 Å². The molecule has 0 bridgehead atoms. The highest BCUT2D eigenvalue weighted by molar-refractivity contribution is 5.17. The van der Waals surface area contributed by atoms with Crippen molar-refractivity contribution in [1.29, 1.82) is 0 Å². The number of nitrogens with one attached hydrogen (secondary N) is 2. The van der Waals surface area contributed by atoms with Crippen LogP contribution in [0.1, 0.15) is 5.69 Å². The Hall–Kier alpha value is -2.44. The number of rotatable bonds is 6. The second-order valence-electron chi connectivity index (χ2n) is 5.30. The van der Waals surface area contributed by atoms with Crippen LogP contribution in [0.5, 0.6) is 0 Å². The minimum atomic E-state index is -8.49. The molecule has 1 heterocycles. The first-order valence-corrected chi connectivity index (χ1v) is 6.44. The molecule has 0 aliphatic rings. The van der Waals surface area contributed by atoms with E-state index in [0.717, 1.165) is 5.10 Å². The minimum Gasteiger partial charge on any atom is -0.271 e. The summed E-state index contributed by atoms with van der Waals surface area (Å²) in [6.07, 6.45) is -7.72. The molecule has 1 aromatic heterocycles. The SMILES string of the molecule is O=c1[nH]nc(C(F)(F)C(F)(F)C(F)(F)C(F)(F)C(F)(F)C(F)(F)C(F)(F)F)c(=O)[nH]1. The summed E-state index contributed by atoms with van der Waals surface area (Å²) in [5, 5.41) is 2.62. The fraction of sp³-hybridized carbons (Fsp3) is 0.700.